The normalized spacial score (nSPS) is 15.1. The summed E-state index contributed by atoms with van der Waals surface area (Å²) in [7, 11) is 0. The van der Waals surface area contributed by atoms with Crippen molar-refractivity contribution in [1.29, 1.82) is 0 Å². The molecule has 1 aromatic rings. The first kappa shape index (κ1) is 11.8. The lowest BCUT2D eigenvalue weighted by Gasteiger charge is -2.09. The van der Waals surface area contributed by atoms with E-state index in [-0.39, 0.29) is 6.61 Å². The smallest absolute Gasteiger partial charge is 0.316 e. The quantitative estimate of drug-likeness (QED) is 0.809. The minimum atomic E-state index is -3.51. The van der Waals surface area contributed by atoms with Gasteiger partial charge in [0, 0.05) is 4.90 Å². The molecule has 5 heteroatoms. The van der Waals surface area contributed by atoms with Gasteiger partial charge in [0.25, 0.3) is 0 Å². The Kier molecular flexibility index (Phi) is 4.20. The van der Waals surface area contributed by atoms with Crippen LogP contribution < -0.4 is 0 Å². The molecular weight excluding hydrogens is 219 g/mol. The summed E-state index contributed by atoms with van der Waals surface area (Å²) >= 11 is 0.868. The fourth-order valence-electron chi connectivity index (χ4n) is 0.922. The molecule has 0 aliphatic rings. The zero-order valence-corrected chi connectivity index (χ0v) is 9.85. The van der Waals surface area contributed by atoms with Gasteiger partial charge in [0.2, 0.25) is 0 Å². The number of hydrogen-bond donors (Lipinski definition) is 1. The van der Waals surface area contributed by atoms with Gasteiger partial charge < -0.3 is 9.42 Å². The van der Waals surface area contributed by atoms with E-state index in [4.69, 9.17) is 4.52 Å². The van der Waals surface area contributed by atoms with E-state index >= 15 is 0 Å². The number of rotatable bonds is 4. The Morgan fingerprint density at radius 1 is 1.43 bits per heavy atom. The lowest BCUT2D eigenvalue weighted by atomic mass is 10.2. The highest BCUT2D eigenvalue weighted by atomic mass is 32.7. The van der Waals surface area contributed by atoms with Crippen molar-refractivity contribution in [3.8, 4) is 0 Å². The van der Waals surface area contributed by atoms with Gasteiger partial charge in [-0.1, -0.05) is 17.7 Å². The molecule has 0 fully saturated rings. The van der Waals surface area contributed by atoms with Crippen molar-refractivity contribution in [3.63, 3.8) is 0 Å². The molecule has 0 heterocycles. The SMILES string of the molecule is CCOP(=O)(O)Sc1ccc(C)cc1. The van der Waals surface area contributed by atoms with Crippen molar-refractivity contribution in [2.75, 3.05) is 6.61 Å². The van der Waals surface area contributed by atoms with Gasteiger partial charge in [-0.2, -0.15) is 0 Å². The Morgan fingerprint density at radius 2 is 2.00 bits per heavy atom. The lowest BCUT2D eigenvalue weighted by Crippen LogP contribution is -1.84. The topological polar surface area (TPSA) is 46.5 Å². The van der Waals surface area contributed by atoms with Crippen molar-refractivity contribution in [3.05, 3.63) is 29.8 Å². The number of benzene rings is 1. The third-order valence-corrected chi connectivity index (χ3v) is 4.47. The molecule has 0 aromatic heterocycles. The molecule has 78 valence electrons. The zero-order chi connectivity index (χ0) is 10.6. The first-order valence-corrected chi connectivity index (χ1v) is 7.27. The minimum absolute atomic E-state index is 0.243. The van der Waals surface area contributed by atoms with E-state index in [1.807, 2.05) is 31.2 Å². The van der Waals surface area contributed by atoms with Crippen LogP contribution in [0.4, 0.5) is 0 Å². The van der Waals surface area contributed by atoms with Crippen molar-refractivity contribution < 1.29 is 14.0 Å². The second kappa shape index (κ2) is 4.99. The molecule has 14 heavy (non-hydrogen) atoms. The number of hydrogen-bond acceptors (Lipinski definition) is 3. The Balaban J connectivity index is 2.69. The van der Waals surface area contributed by atoms with Crippen LogP contribution >= 0.6 is 18.2 Å². The highest BCUT2D eigenvalue weighted by molar-refractivity contribution is 8.54. The van der Waals surface area contributed by atoms with E-state index < -0.39 is 6.80 Å². The summed E-state index contributed by atoms with van der Waals surface area (Å²) < 4.78 is 16.1. The predicted octanol–water partition coefficient (Wildman–Crippen LogP) is 3.22. The van der Waals surface area contributed by atoms with E-state index in [0.29, 0.717) is 0 Å². The summed E-state index contributed by atoms with van der Waals surface area (Å²) in [5.74, 6) is 0. The van der Waals surface area contributed by atoms with E-state index in [1.54, 1.807) is 6.92 Å². The molecule has 1 unspecified atom stereocenters. The lowest BCUT2D eigenvalue weighted by molar-refractivity contribution is 0.291. The largest absolute Gasteiger partial charge is 0.391 e. The average molecular weight is 232 g/mol. The molecule has 0 aliphatic heterocycles. The zero-order valence-electron chi connectivity index (χ0n) is 8.14. The van der Waals surface area contributed by atoms with Gasteiger partial charge in [0.15, 0.2) is 0 Å². The van der Waals surface area contributed by atoms with Crippen LogP contribution in [0, 0.1) is 6.92 Å². The Morgan fingerprint density at radius 3 is 2.50 bits per heavy atom. The molecule has 0 radical (unpaired) electrons. The molecule has 0 aliphatic carbocycles. The molecule has 0 bridgehead atoms. The predicted molar refractivity (Wildman–Crippen MR) is 58.5 cm³/mol. The van der Waals surface area contributed by atoms with Gasteiger partial charge in [0.1, 0.15) is 0 Å². The Bertz CT molecular complexity index is 336. The molecular formula is C9H13O3PS. The van der Waals surface area contributed by atoms with Crippen molar-refractivity contribution in [2.24, 2.45) is 0 Å². The van der Waals surface area contributed by atoms with Crippen LogP contribution in [-0.2, 0) is 9.09 Å². The van der Waals surface area contributed by atoms with Gasteiger partial charge in [-0.3, -0.25) is 0 Å². The summed E-state index contributed by atoms with van der Waals surface area (Å²) in [4.78, 5) is 10.1. The van der Waals surface area contributed by atoms with Gasteiger partial charge in [-0.25, -0.2) is 4.57 Å². The van der Waals surface area contributed by atoms with Crippen LogP contribution in [0.1, 0.15) is 12.5 Å². The van der Waals surface area contributed by atoms with Crippen molar-refractivity contribution in [1.82, 2.24) is 0 Å². The van der Waals surface area contributed by atoms with E-state index in [1.165, 1.54) is 0 Å². The van der Waals surface area contributed by atoms with Crippen LogP contribution in [0.25, 0.3) is 0 Å². The summed E-state index contributed by atoms with van der Waals surface area (Å²) in [5, 5.41) is 0. The average Bonchev–Trinajstić information content (AvgIpc) is 2.08. The maximum atomic E-state index is 11.4. The van der Waals surface area contributed by atoms with Crippen LogP contribution in [0.3, 0.4) is 0 Å². The molecule has 1 atom stereocenters. The molecule has 1 rings (SSSR count). The monoisotopic (exact) mass is 232 g/mol. The molecule has 1 N–H and O–H groups in total. The molecule has 0 saturated heterocycles. The molecule has 1 aromatic carbocycles. The van der Waals surface area contributed by atoms with E-state index in [9.17, 15) is 9.46 Å². The Labute approximate surface area is 87.8 Å². The standard InChI is InChI=1S/C9H13O3PS/c1-3-12-13(10,11)14-9-6-4-8(2)5-7-9/h4-7H,3H2,1-2H3,(H,10,11). The second-order valence-electron chi connectivity index (χ2n) is 2.79. The van der Waals surface area contributed by atoms with Crippen LogP contribution in [0.5, 0.6) is 0 Å². The fraction of sp³-hybridized carbons (Fsp3) is 0.333. The third-order valence-electron chi connectivity index (χ3n) is 1.53. The van der Waals surface area contributed by atoms with Crippen LogP contribution in [0.15, 0.2) is 29.2 Å². The summed E-state index contributed by atoms with van der Waals surface area (Å²) in [6, 6.07) is 7.41. The first-order valence-electron chi connectivity index (χ1n) is 4.27. The van der Waals surface area contributed by atoms with Crippen LogP contribution in [0.2, 0.25) is 0 Å². The Hall–Kier alpha value is -0.280. The maximum absolute atomic E-state index is 11.4. The van der Waals surface area contributed by atoms with Gasteiger partial charge in [-0.05, 0) is 37.4 Å². The number of aryl methyl sites for hydroxylation is 1. The summed E-state index contributed by atoms with van der Waals surface area (Å²) in [5.41, 5.74) is 1.12. The summed E-state index contributed by atoms with van der Waals surface area (Å²) in [6.07, 6.45) is 0. The molecule has 0 amide bonds. The van der Waals surface area contributed by atoms with E-state index in [0.717, 1.165) is 21.8 Å². The highest BCUT2D eigenvalue weighted by Gasteiger charge is 2.20. The van der Waals surface area contributed by atoms with Gasteiger partial charge in [-0.15, -0.1) is 0 Å². The maximum Gasteiger partial charge on any atom is 0.391 e. The second-order valence-corrected chi connectivity index (χ2v) is 6.57. The van der Waals surface area contributed by atoms with Crippen molar-refractivity contribution >= 4 is 18.2 Å². The van der Waals surface area contributed by atoms with Crippen molar-refractivity contribution in [2.45, 2.75) is 18.7 Å². The third kappa shape index (κ3) is 3.84. The molecule has 0 spiro atoms. The fourth-order valence-corrected chi connectivity index (χ4v) is 3.46. The van der Waals surface area contributed by atoms with Crippen LogP contribution in [-0.4, -0.2) is 11.5 Å². The van der Waals surface area contributed by atoms with E-state index in [2.05, 4.69) is 0 Å². The molecule has 0 saturated carbocycles. The first-order chi connectivity index (χ1) is 6.53. The van der Waals surface area contributed by atoms with Gasteiger partial charge in [0.05, 0.1) is 6.61 Å². The summed E-state index contributed by atoms with van der Waals surface area (Å²) in [6.45, 7) is 0.391. The minimum Gasteiger partial charge on any atom is -0.316 e. The highest BCUT2D eigenvalue weighted by Crippen LogP contribution is 2.58. The molecule has 3 nitrogen and oxygen atoms in total. The van der Waals surface area contributed by atoms with Gasteiger partial charge >= 0.3 is 6.80 Å².